The van der Waals surface area contributed by atoms with Gasteiger partial charge in [0, 0.05) is 12.6 Å². The van der Waals surface area contributed by atoms with E-state index in [1.54, 1.807) is 7.11 Å². The summed E-state index contributed by atoms with van der Waals surface area (Å²) in [5.41, 5.74) is 2.46. The average molecular weight is 485 g/mol. The quantitative estimate of drug-likeness (QED) is 0.571. The molecule has 2 aromatic rings. The lowest BCUT2D eigenvalue weighted by atomic mass is 9.99. The van der Waals surface area contributed by atoms with Crippen LogP contribution in [0.1, 0.15) is 43.2 Å². The van der Waals surface area contributed by atoms with Crippen LogP contribution in [0.15, 0.2) is 48.5 Å². The van der Waals surface area contributed by atoms with E-state index in [1.165, 1.54) is 69.4 Å². The number of carboxylic acids is 2. The first-order valence-electron chi connectivity index (χ1n) is 12.2. The van der Waals surface area contributed by atoms with Crippen LogP contribution in [0.5, 0.6) is 11.5 Å². The lowest BCUT2D eigenvalue weighted by Gasteiger charge is -2.40. The molecule has 2 aliphatic heterocycles. The predicted molar refractivity (Wildman–Crippen MR) is 133 cm³/mol. The number of hydrogen-bond acceptors (Lipinski definition) is 6. The molecule has 2 saturated heterocycles. The molecule has 2 fully saturated rings. The predicted octanol–water partition coefficient (Wildman–Crippen LogP) is 3.88. The molecular weight excluding hydrogens is 448 g/mol. The van der Waals surface area contributed by atoms with Crippen molar-refractivity contribution in [1.29, 1.82) is 0 Å². The Kier molecular flexibility index (Phi) is 10.4. The first-order valence-corrected chi connectivity index (χ1v) is 12.2. The van der Waals surface area contributed by atoms with Crippen LogP contribution in [0.4, 0.5) is 0 Å². The van der Waals surface area contributed by atoms with E-state index in [-0.39, 0.29) is 0 Å². The van der Waals surface area contributed by atoms with Gasteiger partial charge in [-0.15, -0.1) is 0 Å². The monoisotopic (exact) mass is 484 g/mol. The van der Waals surface area contributed by atoms with Crippen LogP contribution in [0.3, 0.4) is 0 Å². The Labute approximate surface area is 207 Å². The third-order valence-corrected chi connectivity index (χ3v) is 6.52. The molecule has 0 spiro atoms. The highest BCUT2D eigenvalue weighted by Gasteiger charge is 2.25. The fraction of sp³-hybridized carbons (Fsp3) is 0.481. The van der Waals surface area contributed by atoms with Crippen molar-refractivity contribution in [3.63, 3.8) is 0 Å². The fourth-order valence-corrected chi connectivity index (χ4v) is 4.65. The molecule has 0 aromatic heterocycles. The number of carboxylic acid groups (broad SMARTS) is 2. The van der Waals surface area contributed by atoms with Crippen molar-refractivity contribution in [2.45, 2.75) is 51.3 Å². The maximum Gasteiger partial charge on any atom is 0.414 e. The van der Waals surface area contributed by atoms with E-state index in [0.717, 1.165) is 24.1 Å². The third-order valence-electron chi connectivity index (χ3n) is 6.52. The molecule has 0 bridgehead atoms. The van der Waals surface area contributed by atoms with Gasteiger partial charge in [0.2, 0.25) is 0 Å². The van der Waals surface area contributed by atoms with Crippen molar-refractivity contribution in [3.05, 3.63) is 59.7 Å². The van der Waals surface area contributed by atoms with Gasteiger partial charge in [0.25, 0.3) is 0 Å². The zero-order valence-electron chi connectivity index (χ0n) is 20.4. The minimum Gasteiger partial charge on any atom is -0.493 e. The highest BCUT2D eigenvalue weighted by molar-refractivity contribution is 6.27. The molecule has 2 aromatic carbocycles. The molecule has 2 heterocycles. The molecule has 0 atom stereocenters. The van der Waals surface area contributed by atoms with Crippen molar-refractivity contribution in [2.75, 3.05) is 33.3 Å². The maximum atomic E-state index is 9.10. The topological polar surface area (TPSA) is 99.5 Å². The van der Waals surface area contributed by atoms with Gasteiger partial charge in [0.05, 0.1) is 7.11 Å². The van der Waals surface area contributed by atoms with E-state index < -0.39 is 11.9 Å². The van der Waals surface area contributed by atoms with E-state index in [4.69, 9.17) is 29.3 Å². The van der Waals surface area contributed by atoms with Gasteiger partial charge in [0.1, 0.15) is 6.61 Å². The fourth-order valence-electron chi connectivity index (χ4n) is 4.65. The van der Waals surface area contributed by atoms with Crippen LogP contribution in [0, 0.1) is 0 Å². The molecule has 8 heteroatoms. The van der Waals surface area contributed by atoms with Crippen LogP contribution < -0.4 is 9.47 Å². The van der Waals surface area contributed by atoms with Crippen molar-refractivity contribution in [2.24, 2.45) is 0 Å². The highest BCUT2D eigenvalue weighted by Crippen LogP contribution is 2.30. The highest BCUT2D eigenvalue weighted by atomic mass is 16.5. The first-order chi connectivity index (χ1) is 17.0. The van der Waals surface area contributed by atoms with E-state index in [0.29, 0.717) is 6.61 Å². The number of piperidine rings is 2. The summed E-state index contributed by atoms with van der Waals surface area (Å²) in [6, 6.07) is 17.4. The average Bonchev–Trinajstić information content (AvgIpc) is 2.89. The summed E-state index contributed by atoms with van der Waals surface area (Å²) in [6.45, 7) is 6.54. The molecule has 190 valence electrons. The summed E-state index contributed by atoms with van der Waals surface area (Å²) in [5.74, 6) is -2.02. The van der Waals surface area contributed by atoms with Crippen molar-refractivity contribution in [1.82, 2.24) is 9.80 Å². The Bertz CT molecular complexity index is 926. The summed E-state index contributed by atoms with van der Waals surface area (Å²) < 4.78 is 11.6. The lowest BCUT2D eigenvalue weighted by molar-refractivity contribution is -0.159. The number of nitrogens with zero attached hydrogens (tertiary/aromatic N) is 2. The normalized spacial score (nSPS) is 17.2. The van der Waals surface area contributed by atoms with Crippen LogP contribution in [-0.2, 0) is 22.7 Å². The number of ether oxygens (including phenoxy) is 2. The number of likely N-dealkylation sites (tertiary alicyclic amines) is 2. The maximum absolute atomic E-state index is 9.10. The van der Waals surface area contributed by atoms with Crippen LogP contribution in [0.25, 0.3) is 0 Å². The summed E-state index contributed by atoms with van der Waals surface area (Å²) >= 11 is 0. The molecule has 8 nitrogen and oxygen atoms in total. The SMILES string of the molecule is COc1ccc(CN2CCC(N3CCCCC3)CC2)cc1OCc1ccccc1.O=C(O)C(=O)O. The molecule has 0 saturated carbocycles. The second-order valence-corrected chi connectivity index (χ2v) is 8.97. The minimum atomic E-state index is -1.82. The number of aliphatic carboxylic acids is 2. The largest absolute Gasteiger partial charge is 0.493 e. The van der Waals surface area contributed by atoms with Gasteiger partial charge in [-0.25, -0.2) is 9.59 Å². The van der Waals surface area contributed by atoms with Crippen molar-refractivity contribution in [3.8, 4) is 11.5 Å². The molecule has 2 N–H and O–H groups in total. The van der Waals surface area contributed by atoms with Gasteiger partial charge in [0.15, 0.2) is 11.5 Å². The van der Waals surface area contributed by atoms with E-state index >= 15 is 0 Å². The van der Waals surface area contributed by atoms with E-state index in [1.807, 2.05) is 24.3 Å². The van der Waals surface area contributed by atoms with Crippen LogP contribution in [-0.4, -0.2) is 71.3 Å². The van der Waals surface area contributed by atoms with Crippen LogP contribution in [0.2, 0.25) is 0 Å². The molecule has 0 amide bonds. The number of methoxy groups -OCH3 is 1. The first kappa shape index (κ1) is 26.5. The van der Waals surface area contributed by atoms with Gasteiger partial charge in [-0.2, -0.15) is 0 Å². The standard InChI is InChI=1S/C25H34N2O2.C2H2O4/c1-28-24-11-10-22(18-25(24)29-20-21-8-4-2-5-9-21)19-26-16-12-23(13-17-26)27-14-6-3-7-15-27;3-1(4)2(5)6/h2,4-5,8-11,18,23H,3,6-7,12-17,19-20H2,1H3;(H,3,4)(H,5,6). The van der Waals surface area contributed by atoms with E-state index in [2.05, 4.69) is 34.1 Å². The van der Waals surface area contributed by atoms with Gasteiger partial charge < -0.3 is 24.6 Å². The Morgan fingerprint density at radius 2 is 1.51 bits per heavy atom. The van der Waals surface area contributed by atoms with E-state index in [9.17, 15) is 0 Å². The van der Waals surface area contributed by atoms with Crippen LogP contribution >= 0.6 is 0 Å². The second-order valence-electron chi connectivity index (χ2n) is 8.97. The molecule has 0 radical (unpaired) electrons. The van der Waals surface area contributed by atoms with Gasteiger partial charge in [-0.3, -0.25) is 4.90 Å². The Hall–Kier alpha value is -3.10. The van der Waals surface area contributed by atoms with Gasteiger partial charge >= 0.3 is 11.9 Å². The van der Waals surface area contributed by atoms with Gasteiger partial charge in [-0.05, 0) is 75.1 Å². The second kappa shape index (κ2) is 13.7. The summed E-state index contributed by atoms with van der Waals surface area (Å²) in [5, 5.41) is 14.8. The van der Waals surface area contributed by atoms with Gasteiger partial charge in [-0.1, -0.05) is 42.8 Å². The summed E-state index contributed by atoms with van der Waals surface area (Å²) in [7, 11) is 1.70. The molecule has 2 aliphatic rings. The summed E-state index contributed by atoms with van der Waals surface area (Å²) in [4.78, 5) is 23.5. The number of hydrogen-bond donors (Lipinski definition) is 2. The Morgan fingerprint density at radius 1 is 0.857 bits per heavy atom. The van der Waals surface area contributed by atoms with Crippen molar-refractivity contribution < 1.29 is 29.3 Å². The lowest BCUT2D eigenvalue weighted by Crippen LogP contribution is -2.46. The minimum absolute atomic E-state index is 0.557. The smallest absolute Gasteiger partial charge is 0.414 e. The molecule has 0 aliphatic carbocycles. The number of benzene rings is 2. The zero-order chi connectivity index (χ0) is 25.0. The number of rotatable bonds is 7. The zero-order valence-corrected chi connectivity index (χ0v) is 20.4. The molecule has 4 rings (SSSR count). The summed E-state index contributed by atoms with van der Waals surface area (Å²) in [6.07, 6.45) is 6.79. The van der Waals surface area contributed by atoms with Crippen molar-refractivity contribution >= 4 is 11.9 Å². The molecule has 35 heavy (non-hydrogen) atoms. The molecular formula is C27H36N2O6. The Morgan fingerprint density at radius 3 is 2.11 bits per heavy atom. The third kappa shape index (κ3) is 8.56. The number of carbonyl (C=O) groups is 2. The molecule has 0 unspecified atom stereocenters. The Balaban J connectivity index is 0.000000509.